The molecular formula is C15H11F3N2O. The summed E-state index contributed by atoms with van der Waals surface area (Å²) in [5.74, 6) is 0.0947. The van der Waals surface area contributed by atoms with Crippen LogP contribution in [-0.4, -0.2) is 12.2 Å². The van der Waals surface area contributed by atoms with E-state index in [1.807, 2.05) is 0 Å². The molecule has 1 N–H and O–H groups in total. The topological polar surface area (TPSA) is 47.3 Å². The fraction of sp³-hybridized carbons (Fsp3) is 0.133. The molecule has 0 aliphatic rings. The van der Waals surface area contributed by atoms with E-state index >= 15 is 0 Å². The van der Waals surface area contributed by atoms with Gasteiger partial charge in [-0.3, -0.25) is 0 Å². The summed E-state index contributed by atoms with van der Waals surface area (Å²) >= 11 is 0. The number of phenols is 1. The predicted molar refractivity (Wildman–Crippen MR) is 72.3 cm³/mol. The van der Waals surface area contributed by atoms with Crippen molar-refractivity contribution in [2.75, 3.05) is 11.9 Å². The third-order valence-electron chi connectivity index (χ3n) is 3.05. The molecule has 0 radical (unpaired) electrons. The van der Waals surface area contributed by atoms with E-state index in [9.17, 15) is 18.3 Å². The second kappa shape index (κ2) is 5.37. The van der Waals surface area contributed by atoms with Gasteiger partial charge in [0.25, 0.3) is 0 Å². The Kier molecular flexibility index (Phi) is 3.76. The number of hydrogen-bond donors (Lipinski definition) is 1. The average Bonchev–Trinajstić information content (AvgIpc) is 2.45. The second-order valence-corrected chi connectivity index (χ2v) is 4.41. The standard InChI is InChI=1S/C15H11F3N2O/c1-20(11-2-5-13(21)6-3-11)12-4-7-14(15(16,17)18)10(8-12)9-19/h2-8,21H,1H3. The minimum atomic E-state index is -4.55. The van der Waals surface area contributed by atoms with Crippen LogP contribution in [0.15, 0.2) is 42.5 Å². The first-order chi connectivity index (χ1) is 9.82. The highest BCUT2D eigenvalue weighted by atomic mass is 19.4. The van der Waals surface area contributed by atoms with Crippen LogP contribution in [0.4, 0.5) is 24.5 Å². The molecule has 0 aliphatic heterocycles. The molecule has 2 aromatic carbocycles. The highest BCUT2D eigenvalue weighted by Gasteiger charge is 2.33. The number of anilines is 2. The number of hydrogen-bond acceptors (Lipinski definition) is 3. The van der Waals surface area contributed by atoms with Crippen molar-refractivity contribution in [1.82, 2.24) is 0 Å². The summed E-state index contributed by atoms with van der Waals surface area (Å²) in [5, 5.41) is 18.1. The SMILES string of the molecule is CN(c1ccc(O)cc1)c1ccc(C(F)(F)F)c(C#N)c1. The molecule has 0 unspecified atom stereocenters. The van der Waals surface area contributed by atoms with Crippen LogP contribution in [0.1, 0.15) is 11.1 Å². The Morgan fingerprint density at radius 3 is 2.14 bits per heavy atom. The van der Waals surface area contributed by atoms with Gasteiger partial charge >= 0.3 is 6.18 Å². The average molecular weight is 292 g/mol. The summed E-state index contributed by atoms with van der Waals surface area (Å²) in [4.78, 5) is 1.63. The van der Waals surface area contributed by atoms with Gasteiger partial charge in [0.15, 0.2) is 0 Å². The normalized spacial score (nSPS) is 11.0. The van der Waals surface area contributed by atoms with Gasteiger partial charge in [-0.15, -0.1) is 0 Å². The number of benzene rings is 2. The smallest absolute Gasteiger partial charge is 0.417 e. The van der Waals surface area contributed by atoms with Crippen molar-refractivity contribution in [3.05, 3.63) is 53.6 Å². The lowest BCUT2D eigenvalue weighted by Gasteiger charge is -2.21. The number of nitrogens with zero attached hydrogens (tertiary/aromatic N) is 2. The number of aromatic hydroxyl groups is 1. The highest BCUT2D eigenvalue weighted by molar-refractivity contribution is 5.65. The Hall–Kier alpha value is -2.68. The van der Waals surface area contributed by atoms with Gasteiger partial charge in [0.1, 0.15) is 5.75 Å². The van der Waals surface area contributed by atoms with Crippen LogP contribution in [0.5, 0.6) is 5.75 Å². The summed E-state index contributed by atoms with van der Waals surface area (Å²) in [7, 11) is 1.66. The highest BCUT2D eigenvalue weighted by Crippen LogP contribution is 2.34. The van der Waals surface area contributed by atoms with Gasteiger partial charge in [-0.25, -0.2) is 0 Å². The van der Waals surface area contributed by atoms with Crippen molar-refractivity contribution >= 4 is 11.4 Å². The van der Waals surface area contributed by atoms with E-state index in [0.717, 1.165) is 6.07 Å². The first-order valence-corrected chi connectivity index (χ1v) is 5.97. The van der Waals surface area contributed by atoms with Crippen molar-refractivity contribution in [2.45, 2.75) is 6.18 Å². The van der Waals surface area contributed by atoms with Crippen molar-refractivity contribution in [1.29, 1.82) is 5.26 Å². The molecule has 2 rings (SSSR count). The quantitative estimate of drug-likeness (QED) is 0.908. The molecule has 0 saturated carbocycles. The molecule has 2 aromatic rings. The first kappa shape index (κ1) is 14.7. The van der Waals surface area contributed by atoms with Crippen molar-refractivity contribution in [3.8, 4) is 11.8 Å². The molecule has 0 saturated heterocycles. The van der Waals surface area contributed by atoms with E-state index in [1.54, 1.807) is 30.1 Å². The molecule has 21 heavy (non-hydrogen) atoms. The lowest BCUT2D eigenvalue weighted by Crippen LogP contribution is -2.12. The summed E-state index contributed by atoms with van der Waals surface area (Å²) in [5.41, 5.74) is -0.250. The van der Waals surface area contributed by atoms with Crippen molar-refractivity contribution in [3.63, 3.8) is 0 Å². The summed E-state index contributed by atoms with van der Waals surface area (Å²) in [6.07, 6.45) is -4.55. The lowest BCUT2D eigenvalue weighted by atomic mass is 10.1. The minimum Gasteiger partial charge on any atom is -0.508 e. The predicted octanol–water partition coefficient (Wildman–Crippen LogP) is 4.05. The zero-order chi connectivity index (χ0) is 15.6. The molecule has 0 bridgehead atoms. The Morgan fingerprint density at radius 1 is 1.05 bits per heavy atom. The molecule has 0 aliphatic carbocycles. The zero-order valence-corrected chi connectivity index (χ0v) is 11.0. The molecule has 0 heterocycles. The Bertz CT molecular complexity index is 688. The Morgan fingerprint density at radius 2 is 1.62 bits per heavy atom. The van der Waals surface area contributed by atoms with E-state index in [0.29, 0.717) is 11.4 Å². The van der Waals surface area contributed by atoms with E-state index < -0.39 is 17.3 Å². The van der Waals surface area contributed by atoms with Crippen LogP contribution in [0.25, 0.3) is 0 Å². The minimum absolute atomic E-state index is 0.0947. The van der Waals surface area contributed by atoms with Crippen molar-refractivity contribution in [2.24, 2.45) is 0 Å². The molecule has 3 nitrogen and oxygen atoms in total. The van der Waals surface area contributed by atoms with Crippen LogP contribution >= 0.6 is 0 Å². The number of rotatable bonds is 2. The number of alkyl halides is 3. The van der Waals surface area contributed by atoms with Crippen LogP contribution in [0.2, 0.25) is 0 Å². The maximum atomic E-state index is 12.7. The number of phenolic OH excluding ortho intramolecular Hbond substituents is 1. The molecule has 0 amide bonds. The maximum Gasteiger partial charge on any atom is 0.417 e. The lowest BCUT2D eigenvalue weighted by molar-refractivity contribution is -0.137. The van der Waals surface area contributed by atoms with Gasteiger partial charge in [0.2, 0.25) is 0 Å². The number of halogens is 3. The fourth-order valence-electron chi connectivity index (χ4n) is 1.91. The summed E-state index contributed by atoms with van der Waals surface area (Å²) in [6.45, 7) is 0. The molecule has 0 spiro atoms. The van der Waals surface area contributed by atoms with Crippen molar-refractivity contribution < 1.29 is 18.3 Å². The van der Waals surface area contributed by atoms with Crippen LogP contribution in [0, 0.1) is 11.3 Å². The van der Waals surface area contributed by atoms with Crippen LogP contribution in [0.3, 0.4) is 0 Å². The van der Waals surface area contributed by atoms with E-state index in [1.165, 1.54) is 24.3 Å². The first-order valence-electron chi connectivity index (χ1n) is 5.97. The van der Waals surface area contributed by atoms with E-state index in [4.69, 9.17) is 5.26 Å². The molecule has 0 aromatic heterocycles. The molecule has 0 fully saturated rings. The van der Waals surface area contributed by atoms with Gasteiger partial charge in [-0.1, -0.05) is 0 Å². The van der Waals surface area contributed by atoms with Gasteiger partial charge in [0.05, 0.1) is 17.2 Å². The van der Waals surface area contributed by atoms with Gasteiger partial charge in [-0.2, -0.15) is 18.4 Å². The van der Waals surface area contributed by atoms with E-state index in [-0.39, 0.29) is 5.75 Å². The van der Waals surface area contributed by atoms with Gasteiger partial charge in [-0.05, 0) is 42.5 Å². The Labute approximate surface area is 119 Å². The summed E-state index contributed by atoms with van der Waals surface area (Å²) in [6, 6.07) is 11.2. The monoisotopic (exact) mass is 292 g/mol. The fourth-order valence-corrected chi connectivity index (χ4v) is 1.91. The van der Waals surface area contributed by atoms with Gasteiger partial charge in [0, 0.05) is 18.4 Å². The second-order valence-electron chi connectivity index (χ2n) is 4.41. The van der Waals surface area contributed by atoms with Crippen LogP contribution in [-0.2, 0) is 6.18 Å². The van der Waals surface area contributed by atoms with Gasteiger partial charge < -0.3 is 10.0 Å². The summed E-state index contributed by atoms with van der Waals surface area (Å²) < 4.78 is 38.2. The maximum absolute atomic E-state index is 12.7. The Balaban J connectivity index is 2.42. The molecule has 108 valence electrons. The number of nitriles is 1. The molecule has 0 atom stereocenters. The molecular weight excluding hydrogens is 281 g/mol. The van der Waals surface area contributed by atoms with Crippen LogP contribution < -0.4 is 4.90 Å². The molecule has 6 heteroatoms. The van der Waals surface area contributed by atoms with E-state index in [2.05, 4.69) is 0 Å². The zero-order valence-electron chi connectivity index (χ0n) is 11.0. The largest absolute Gasteiger partial charge is 0.508 e. The third-order valence-corrected chi connectivity index (χ3v) is 3.05. The third kappa shape index (κ3) is 3.08.